The Hall–Kier alpha value is -2.07. The van der Waals surface area contributed by atoms with Crippen LogP contribution < -0.4 is 19.9 Å². The fraction of sp³-hybridized carbons (Fsp3) is 0.200. The monoisotopic (exact) mass is 293 g/mol. The second-order valence-corrected chi connectivity index (χ2v) is 4.67. The van der Waals surface area contributed by atoms with Crippen molar-refractivity contribution in [3.05, 3.63) is 40.9 Å². The molecule has 0 atom stereocenters. The third-order valence-corrected chi connectivity index (χ3v) is 3.30. The van der Waals surface area contributed by atoms with E-state index in [4.69, 9.17) is 31.5 Å². The molecular weight excluding hydrogens is 278 g/mol. The molecule has 0 unspecified atom stereocenters. The number of aryl methyl sites for hydroxylation is 1. The van der Waals surface area contributed by atoms with E-state index in [9.17, 15) is 0 Å². The molecule has 0 spiro atoms. The van der Waals surface area contributed by atoms with E-state index in [0.29, 0.717) is 33.7 Å². The Balaban J connectivity index is 2.35. The zero-order chi connectivity index (χ0) is 14.7. The minimum atomic E-state index is 0.468. The number of anilines is 1. The van der Waals surface area contributed by atoms with E-state index in [1.807, 2.05) is 13.0 Å². The SMILES string of the molecule is COc1cc(N)c(Oc2ccc(Cl)c(C)c2)cc1OC. The average Bonchev–Trinajstić information content (AvgIpc) is 2.44. The van der Waals surface area contributed by atoms with Gasteiger partial charge < -0.3 is 19.9 Å². The first-order valence-corrected chi connectivity index (χ1v) is 6.38. The van der Waals surface area contributed by atoms with Crippen LogP contribution in [0.1, 0.15) is 5.56 Å². The molecule has 0 radical (unpaired) electrons. The average molecular weight is 294 g/mol. The van der Waals surface area contributed by atoms with Crippen molar-refractivity contribution >= 4 is 17.3 Å². The van der Waals surface area contributed by atoms with Crippen molar-refractivity contribution in [2.45, 2.75) is 6.92 Å². The predicted molar refractivity (Wildman–Crippen MR) is 80.2 cm³/mol. The number of hydrogen-bond donors (Lipinski definition) is 1. The van der Waals surface area contributed by atoms with Gasteiger partial charge in [0, 0.05) is 17.2 Å². The van der Waals surface area contributed by atoms with E-state index in [-0.39, 0.29) is 0 Å². The summed E-state index contributed by atoms with van der Waals surface area (Å²) in [5.41, 5.74) is 7.35. The smallest absolute Gasteiger partial charge is 0.164 e. The molecule has 2 aromatic carbocycles. The maximum atomic E-state index is 5.99. The van der Waals surface area contributed by atoms with Gasteiger partial charge in [-0.1, -0.05) is 11.6 Å². The van der Waals surface area contributed by atoms with Gasteiger partial charge in [0.25, 0.3) is 0 Å². The highest BCUT2D eigenvalue weighted by molar-refractivity contribution is 6.31. The van der Waals surface area contributed by atoms with Crippen molar-refractivity contribution < 1.29 is 14.2 Å². The van der Waals surface area contributed by atoms with Crippen molar-refractivity contribution in [1.82, 2.24) is 0 Å². The molecule has 4 nitrogen and oxygen atoms in total. The molecular formula is C15H16ClNO3. The summed E-state index contributed by atoms with van der Waals surface area (Å²) in [5.74, 6) is 2.28. The van der Waals surface area contributed by atoms with E-state index in [1.165, 1.54) is 0 Å². The van der Waals surface area contributed by atoms with Crippen molar-refractivity contribution in [2.75, 3.05) is 20.0 Å². The molecule has 0 saturated carbocycles. The van der Waals surface area contributed by atoms with Gasteiger partial charge in [-0.15, -0.1) is 0 Å². The molecule has 0 fully saturated rings. The van der Waals surface area contributed by atoms with Gasteiger partial charge in [0.2, 0.25) is 0 Å². The summed E-state index contributed by atoms with van der Waals surface area (Å²) in [6.45, 7) is 1.91. The summed E-state index contributed by atoms with van der Waals surface area (Å²) in [5, 5.41) is 0.692. The second kappa shape index (κ2) is 5.92. The lowest BCUT2D eigenvalue weighted by Gasteiger charge is -2.13. The lowest BCUT2D eigenvalue weighted by Crippen LogP contribution is -1.97. The Morgan fingerprint density at radius 1 is 0.950 bits per heavy atom. The molecule has 2 N–H and O–H groups in total. The van der Waals surface area contributed by atoms with Gasteiger partial charge in [0.15, 0.2) is 17.2 Å². The van der Waals surface area contributed by atoms with Gasteiger partial charge in [-0.25, -0.2) is 0 Å². The first-order chi connectivity index (χ1) is 9.55. The van der Waals surface area contributed by atoms with E-state index in [0.717, 1.165) is 5.56 Å². The normalized spacial score (nSPS) is 10.2. The fourth-order valence-corrected chi connectivity index (χ4v) is 1.89. The molecule has 0 aromatic heterocycles. The summed E-state index contributed by atoms with van der Waals surface area (Å²) in [7, 11) is 3.12. The molecule has 0 aliphatic heterocycles. The topological polar surface area (TPSA) is 53.7 Å². The molecule has 20 heavy (non-hydrogen) atoms. The van der Waals surface area contributed by atoms with E-state index in [2.05, 4.69) is 0 Å². The Bertz CT molecular complexity index is 629. The van der Waals surface area contributed by atoms with E-state index < -0.39 is 0 Å². The number of nitrogens with two attached hydrogens (primary N) is 1. The fourth-order valence-electron chi connectivity index (χ4n) is 1.77. The lowest BCUT2D eigenvalue weighted by molar-refractivity contribution is 0.352. The number of hydrogen-bond acceptors (Lipinski definition) is 4. The predicted octanol–water partition coefficient (Wildman–Crippen LogP) is 4.04. The highest BCUT2D eigenvalue weighted by atomic mass is 35.5. The summed E-state index contributed by atoms with van der Waals surface area (Å²) in [4.78, 5) is 0. The first-order valence-electron chi connectivity index (χ1n) is 6.00. The maximum absolute atomic E-state index is 5.99. The van der Waals surface area contributed by atoms with Crippen LogP contribution in [0.5, 0.6) is 23.0 Å². The molecule has 2 aromatic rings. The molecule has 0 heterocycles. The second-order valence-electron chi connectivity index (χ2n) is 4.26. The Labute approximate surface area is 123 Å². The van der Waals surface area contributed by atoms with Crippen LogP contribution in [0.25, 0.3) is 0 Å². The van der Waals surface area contributed by atoms with Gasteiger partial charge in [-0.05, 0) is 30.7 Å². The number of halogens is 1. The summed E-state index contributed by atoms with van der Waals surface area (Å²) in [6, 6.07) is 8.77. The molecule has 106 valence electrons. The number of rotatable bonds is 4. The minimum absolute atomic E-state index is 0.468. The number of benzene rings is 2. The van der Waals surface area contributed by atoms with Crippen LogP contribution in [-0.4, -0.2) is 14.2 Å². The summed E-state index contributed by atoms with van der Waals surface area (Å²) >= 11 is 5.99. The van der Waals surface area contributed by atoms with Crippen LogP contribution in [0, 0.1) is 6.92 Å². The molecule has 0 saturated heterocycles. The Morgan fingerprint density at radius 2 is 1.60 bits per heavy atom. The third-order valence-electron chi connectivity index (χ3n) is 2.87. The quantitative estimate of drug-likeness (QED) is 0.864. The first kappa shape index (κ1) is 14.3. The van der Waals surface area contributed by atoms with Crippen LogP contribution in [0.4, 0.5) is 5.69 Å². The zero-order valence-electron chi connectivity index (χ0n) is 11.6. The number of methoxy groups -OCH3 is 2. The third kappa shape index (κ3) is 2.91. The van der Waals surface area contributed by atoms with E-state index in [1.54, 1.807) is 38.5 Å². The van der Waals surface area contributed by atoms with Crippen LogP contribution in [0.15, 0.2) is 30.3 Å². The highest BCUT2D eigenvalue weighted by Crippen LogP contribution is 2.38. The maximum Gasteiger partial charge on any atom is 0.164 e. The van der Waals surface area contributed by atoms with Gasteiger partial charge in [0.1, 0.15) is 5.75 Å². The molecule has 0 bridgehead atoms. The standard InChI is InChI=1S/C15H16ClNO3/c1-9-6-10(4-5-11(9)16)20-13-8-15(19-3)14(18-2)7-12(13)17/h4-8H,17H2,1-3H3. The minimum Gasteiger partial charge on any atom is -0.493 e. The Morgan fingerprint density at radius 3 is 2.20 bits per heavy atom. The van der Waals surface area contributed by atoms with Crippen LogP contribution in [0.3, 0.4) is 0 Å². The van der Waals surface area contributed by atoms with Crippen LogP contribution >= 0.6 is 11.6 Å². The molecule has 0 aliphatic rings. The van der Waals surface area contributed by atoms with Crippen molar-refractivity contribution in [2.24, 2.45) is 0 Å². The summed E-state index contributed by atoms with van der Waals surface area (Å²) in [6.07, 6.45) is 0. The zero-order valence-corrected chi connectivity index (χ0v) is 12.3. The molecule has 0 aliphatic carbocycles. The largest absolute Gasteiger partial charge is 0.493 e. The molecule has 2 rings (SSSR count). The van der Waals surface area contributed by atoms with Gasteiger partial charge >= 0.3 is 0 Å². The van der Waals surface area contributed by atoms with Gasteiger partial charge in [-0.3, -0.25) is 0 Å². The van der Waals surface area contributed by atoms with Gasteiger partial charge in [-0.2, -0.15) is 0 Å². The summed E-state index contributed by atoms with van der Waals surface area (Å²) < 4.78 is 16.2. The van der Waals surface area contributed by atoms with Crippen molar-refractivity contribution in [3.8, 4) is 23.0 Å². The van der Waals surface area contributed by atoms with Crippen LogP contribution in [-0.2, 0) is 0 Å². The molecule has 0 amide bonds. The van der Waals surface area contributed by atoms with E-state index >= 15 is 0 Å². The number of ether oxygens (including phenoxy) is 3. The van der Waals surface area contributed by atoms with Crippen molar-refractivity contribution in [1.29, 1.82) is 0 Å². The molecule has 5 heteroatoms. The van der Waals surface area contributed by atoms with Crippen molar-refractivity contribution in [3.63, 3.8) is 0 Å². The van der Waals surface area contributed by atoms with Gasteiger partial charge in [0.05, 0.1) is 19.9 Å². The highest BCUT2D eigenvalue weighted by Gasteiger charge is 2.11. The lowest BCUT2D eigenvalue weighted by atomic mass is 10.2. The number of nitrogen functional groups attached to an aromatic ring is 1. The van der Waals surface area contributed by atoms with Crippen LogP contribution in [0.2, 0.25) is 5.02 Å². The Kier molecular flexibility index (Phi) is 4.25.